The van der Waals surface area contributed by atoms with Gasteiger partial charge in [-0.3, -0.25) is 0 Å². The van der Waals surface area contributed by atoms with Crippen molar-refractivity contribution >= 4 is 11.4 Å². The topological polar surface area (TPSA) is 65.2 Å². The zero-order valence-corrected chi connectivity index (χ0v) is 11.7. The first kappa shape index (κ1) is 14.1. The van der Waals surface area contributed by atoms with Crippen molar-refractivity contribution in [3.8, 4) is 11.5 Å². The van der Waals surface area contributed by atoms with Crippen molar-refractivity contribution in [3.05, 3.63) is 47.5 Å². The average Bonchev–Trinajstić information content (AvgIpc) is 2.46. The van der Waals surface area contributed by atoms with Gasteiger partial charge in [0.05, 0.1) is 0 Å². The Labute approximate surface area is 118 Å². The third kappa shape index (κ3) is 3.15. The van der Waals surface area contributed by atoms with Gasteiger partial charge in [0.15, 0.2) is 0 Å². The third-order valence-corrected chi connectivity index (χ3v) is 3.16. The summed E-state index contributed by atoms with van der Waals surface area (Å²) in [7, 11) is 0. The lowest BCUT2D eigenvalue weighted by Gasteiger charge is -2.02. The molecule has 0 bridgehead atoms. The monoisotopic (exact) mass is 270 g/mol. The Morgan fingerprint density at radius 3 is 1.45 bits per heavy atom. The zero-order valence-electron chi connectivity index (χ0n) is 11.7. The minimum atomic E-state index is 0.0952. The number of phenols is 2. The highest BCUT2D eigenvalue weighted by Gasteiger charge is 2.03. The number of azo groups is 1. The molecule has 0 aliphatic rings. The van der Waals surface area contributed by atoms with Crippen LogP contribution < -0.4 is 0 Å². The van der Waals surface area contributed by atoms with Gasteiger partial charge in [-0.2, -0.15) is 0 Å². The molecule has 0 radical (unpaired) electrons. The molecule has 0 unspecified atom stereocenters. The molecule has 0 fully saturated rings. The fourth-order valence-electron chi connectivity index (χ4n) is 1.85. The summed E-state index contributed by atoms with van der Waals surface area (Å²) >= 11 is 0. The highest BCUT2D eigenvalue weighted by atomic mass is 16.3. The van der Waals surface area contributed by atoms with Crippen LogP contribution in [0.15, 0.2) is 46.6 Å². The highest BCUT2D eigenvalue weighted by Crippen LogP contribution is 2.32. The zero-order chi connectivity index (χ0) is 14.5. The maximum atomic E-state index is 9.84. The molecule has 0 amide bonds. The molecular weight excluding hydrogens is 252 g/mol. The number of hydrogen-bond donors (Lipinski definition) is 2. The quantitative estimate of drug-likeness (QED) is 0.795. The Morgan fingerprint density at radius 1 is 0.750 bits per heavy atom. The van der Waals surface area contributed by atoms with E-state index in [9.17, 15) is 10.2 Å². The predicted octanol–water partition coefficient (Wildman–Crippen LogP) is 4.64. The van der Waals surface area contributed by atoms with Crippen molar-refractivity contribution in [1.82, 2.24) is 0 Å². The van der Waals surface area contributed by atoms with E-state index < -0.39 is 0 Å². The molecule has 0 aliphatic carbocycles. The summed E-state index contributed by atoms with van der Waals surface area (Å²) in [5.74, 6) is 0.190. The molecule has 2 aromatic carbocycles. The van der Waals surface area contributed by atoms with Crippen molar-refractivity contribution in [2.45, 2.75) is 26.7 Å². The first-order valence-electron chi connectivity index (χ1n) is 6.69. The molecule has 0 aromatic heterocycles. The van der Waals surface area contributed by atoms with Crippen LogP contribution in [0.25, 0.3) is 0 Å². The maximum Gasteiger partial charge on any atom is 0.143 e. The molecule has 0 saturated carbocycles. The van der Waals surface area contributed by atoms with Crippen LogP contribution in [0.2, 0.25) is 0 Å². The number of nitrogens with zero attached hydrogens (tertiary/aromatic N) is 2. The van der Waals surface area contributed by atoms with Gasteiger partial charge in [0, 0.05) is 0 Å². The number of aryl methyl sites for hydroxylation is 2. The van der Waals surface area contributed by atoms with Crippen LogP contribution in [0.4, 0.5) is 11.4 Å². The van der Waals surface area contributed by atoms with Gasteiger partial charge in [0.2, 0.25) is 0 Å². The standard InChI is InChI=1S/C16H18N2O2/c1-3-11-5-7-13(15(19)9-11)17-18-14-8-6-12(4-2)10-16(14)20/h5-10,19-20H,3-4H2,1-2H3. The van der Waals surface area contributed by atoms with Crippen LogP contribution in [-0.2, 0) is 12.8 Å². The van der Waals surface area contributed by atoms with Crippen LogP contribution in [-0.4, -0.2) is 10.2 Å². The van der Waals surface area contributed by atoms with Crippen LogP contribution in [0.5, 0.6) is 11.5 Å². The minimum Gasteiger partial charge on any atom is -0.506 e. The predicted molar refractivity (Wildman–Crippen MR) is 79.1 cm³/mol. The lowest BCUT2D eigenvalue weighted by Crippen LogP contribution is -1.79. The number of rotatable bonds is 4. The van der Waals surface area contributed by atoms with E-state index in [0.717, 1.165) is 24.0 Å². The minimum absolute atomic E-state index is 0.0952. The molecule has 2 rings (SSSR count). The molecule has 4 heteroatoms. The molecular formula is C16H18N2O2. The van der Waals surface area contributed by atoms with Gasteiger partial charge >= 0.3 is 0 Å². The summed E-state index contributed by atoms with van der Waals surface area (Å²) < 4.78 is 0. The van der Waals surface area contributed by atoms with E-state index >= 15 is 0 Å². The van der Waals surface area contributed by atoms with Gasteiger partial charge in [-0.05, 0) is 48.2 Å². The van der Waals surface area contributed by atoms with Gasteiger partial charge in [0.25, 0.3) is 0 Å². The molecule has 0 aliphatic heterocycles. The van der Waals surface area contributed by atoms with Gasteiger partial charge in [-0.1, -0.05) is 26.0 Å². The molecule has 0 atom stereocenters. The summed E-state index contributed by atoms with van der Waals surface area (Å²) in [6.07, 6.45) is 1.70. The van der Waals surface area contributed by atoms with Crippen molar-refractivity contribution in [2.75, 3.05) is 0 Å². The molecule has 2 aromatic rings. The van der Waals surface area contributed by atoms with E-state index in [0.29, 0.717) is 11.4 Å². The molecule has 4 nitrogen and oxygen atoms in total. The van der Waals surface area contributed by atoms with Crippen molar-refractivity contribution in [1.29, 1.82) is 0 Å². The second kappa shape index (κ2) is 6.19. The van der Waals surface area contributed by atoms with Crippen molar-refractivity contribution in [2.24, 2.45) is 10.2 Å². The smallest absolute Gasteiger partial charge is 0.143 e. The number of phenolic OH excluding ortho intramolecular Hbond substituents is 2. The largest absolute Gasteiger partial charge is 0.506 e. The molecule has 2 N–H and O–H groups in total. The normalized spacial score (nSPS) is 11.1. The Hall–Kier alpha value is -2.36. The number of aromatic hydroxyl groups is 2. The van der Waals surface area contributed by atoms with E-state index in [-0.39, 0.29) is 11.5 Å². The summed E-state index contributed by atoms with van der Waals surface area (Å²) in [4.78, 5) is 0. The molecule has 0 heterocycles. The average molecular weight is 270 g/mol. The summed E-state index contributed by atoms with van der Waals surface area (Å²) in [5, 5.41) is 27.6. The third-order valence-electron chi connectivity index (χ3n) is 3.16. The van der Waals surface area contributed by atoms with Crippen molar-refractivity contribution in [3.63, 3.8) is 0 Å². The Morgan fingerprint density at radius 2 is 1.15 bits per heavy atom. The van der Waals surface area contributed by atoms with Gasteiger partial charge in [0.1, 0.15) is 22.9 Å². The Balaban J connectivity index is 2.25. The fraction of sp³-hybridized carbons (Fsp3) is 0.250. The van der Waals surface area contributed by atoms with Gasteiger partial charge in [-0.25, -0.2) is 0 Å². The lowest BCUT2D eigenvalue weighted by molar-refractivity contribution is 0.473. The Bertz CT molecular complexity index is 581. The van der Waals surface area contributed by atoms with E-state index in [1.807, 2.05) is 26.0 Å². The van der Waals surface area contributed by atoms with Crippen LogP contribution in [0.1, 0.15) is 25.0 Å². The van der Waals surface area contributed by atoms with Crippen LogP contribution >= 0.6 is 0 Å². The number of hydrogen-bond acceptors (Lipinski definition) is 4. The fourth-order valence-corrected chi connectivity index (χ4v) is 1.85. The summed E-state index contributed by atoms with van der Waals surface area (Å²) in [5.41, 5.74) is 2.86. The van der Waals surface area contributed by atoms with Crippen LogP contribution in [0, 0.1) is 0 Å². The molecule has 0 saturated heterocycles. The maximum absolute atomic E-state index is 9.84. The second-order valence-corrected chi connectivity index (χ2v) is 4.55. The first-order chi connectivity index (χ1) is 9.63. The summed E-state index contributed by atoms with van der Waals surface area (Å²) in [6.45, 7) is 4.03. The van der Waals surface area contributed by atoms with Crippen LogP contribution in [0.3, 0.4) is 0 Å². The number of benzene rings is 2. The highest BCUT2D eigenvalue weighted by molar-refractivity contribution is 5.55. The SMILES string of the molecule is CCc1ccc(N=Nc2ccc(CC)cc2O)c(O)c1. The van der Waals surface area contributed by atoms with Gasteiger partial charge < -0.3 is 10.2 Å². The summed E-state index contributed by atoms with van der Waals surface area (Å²) in [6, 6.07) is 10.6. The van der Waals surface area contributed by atoms with E-state index in [1.54, 1.807) is 24.3 Å². The first-order valence-corrected chi connectivity index (χ1v) is 6.69. The second-order valence-electron chi connectivity index (χ2n) is 4.55. The van der Waals surface area contributed by atoms with E-state index in [2.05, 4.69) is 10.2 Å². The van der Waals surface area contributed by atoms with Gasteiger partial charge in [-0.15, -0.1) is 10.2 Å². The molecule has 0 spiro atoms. The molecule has 104 valence electrons. The van der Waals surface area contributed by atoms with E-state index in [4.69, 9.17) is 0 Å². The van der Waals surface area contributed by atoms with E-state index in [1.165, 1.54) is 0 Å². The Kier molecular flexibility index (Phi) is 4.35. The lowest BCUT2D eigenvalue weighted by atomic mass is 10.1. The van der Waals surface area contributed by atoms with Crippen molar-refractivity contribution < 1.29 is 10.2 Å². The molecule has 20 heavy (non-hydrogen) atoms.